The SMILES string of the molecule is CN1C(I)OC(=O)C1CC(=O)O. The van der Waals surface area contributed by atoms with E-state index in [1.807, 2.05) is 22.6 Å². The summed E-state index contributed by atoms with van der Waals surface area (Å²) in [6, 6.07) is -0.635. The minimum absolute atomic E-state index is 0.200. The standard InChI is InChI=1S/C6H8INO4/c1-8-3(2-4(9)10)5(11)12-6(8)7/h3,6H,2H2,1H3,(H,9,10). The maximum atomic E-state index is 11.0. The lowest BCUT2D eigenvalue weighted by Gasteiger charge is -2.14. The van der Waals surface area contributed by atoms with Gasteiger partial charge in [0, 0.05) is 0 Å². The molecule has 0 aromatic heterocycles. The van der Waals surface area contributed by atoms with Crippen LogP contribution in [0.5, 0.6) is 0 Å². The molecule has 0 amide bonds. The van der Waals surface area contributed by atoms with Crippen molar-refractivity contribution < 1.29 is 19.4 Å². The normalized spacial score (nSPS) is 30.3. The molecule has 1 aliphatic heterocycles. The Morgan fingerprint density at radius 1 is 1.83 bits per heavy atom. The predicted octanol–water partition coefficient (Wildman–Crippen LogP) is 0.0369. The lowest BCUT2D eigenvalue weighted by Crippen LogP contribution is -2.33. The van der Waals surface area contributed by atoms with E-state index in [2.05, 4.69) is 0 Å². The van der Waals surface area contributed by atoms with Crippen molar-refractivity contribution in [2.24, 2.45) is 0 Å². The number of carboxylic acids is 1. The van der Waals surface area contributed by atoms with Crippen molar-refractivity contribution in [1.82, 2.24) is 4.90 Å². The lowest BCUT2D eigenvalue weighted by atomic mass is 10.2. The molecule has 2 atom stereocenters. The van der Waals surface area contributed by atoms with E-state index in [1.54, 1.807) is 11.9 Å². The van der Waals surface area contributed by atoms with Gasteiger partial charge in [-0.2, -0.15) is 0 Å². The number of likely N-dealkylation sites (N-methyl/N-ethyl adjacent to an activating group) is 1. The smallest absolute Gasteiger partial charge is 0.326 e. The summed E-state index contributed by atoms with van der Waals surface area (Å²) < 4.78 is 4.45. The van der Waals surface area contributed by atoms with Gasteiger partial charge in [0.1, 0.15) is 6.04 Å². The number of rotatable bonds is 2. The summed E-state index contributed by atoms with van der Waals surface area (Å²) in [6.07, 6.45) is -0.200. The van der Waals surface area contributed by atoms with Crippen LogP contribution in [-0.2, 0) is 14.3 Å². The van der Waals surface area contributed by atoms with Gasteiger partial charge in [-0.05, 0) is 29.6 Å². The number of ether oxygens (including phenoxy) is 1. The Kier molecular flexibility index (Phi) is 2.89. The molecule has 1 N–H and O–H groups in total. The molecule has 6 heteroatoms. The van der Waals surface area contributed by atoms with Crippen molar-refractivity contribution in [3.8, 4) is 0 Å². The zero-order valence-corrected chi connectivity index (χ0v) is 8.52. The van der Waals surface area contributed by atoms with E-state index in [1.165, 1.54) is 0 Å². The largest absolute Gasteiger partial charge is 0.481 e. The molecule has 0 aromatic carbocycles. The van der Waals surface area contributed by atoms with Crippen molar-refractivity contribution in [3.63, 3.8) is 0 Å². The highest BCUT2D eigenvalue weighted by atomic mass is 127. The van der Waals surface area contributed by atoms with Crippen LogP contribution in [0.2, 0.25) is 0 Å². The fourth-order valence-corrected chi connectivity index (χ4v) is 1.60. The van der Waals surface area contributed by atoms with Crippen molar-refractivity contribution in [3.05, 3.63) is 0 Å². The summed E-state index contributed by atoms with van der Waals surface area (Å²) in [6.45, 7) is 0. The molecule has 0 bridgehead atoms. The molecule has 68 valence electrons. The Hall–Kier alpha value is -0.370. The number of aliphatic carboxylic acids is 1. The summed E-state index contributed by atoms with van der Waals surface area (Å²) >= 11 is 1.93. The number of cyclic esters (lactones) is 1. The summed E-state index contributed by atoms with van der Waals surface area (Å²) in [7, 11) is 1.66. The third kappa shape index (κ3) is 1.86. The monoisotopic (exact) mass is 285 g/mol. The van der Waals surface area contributed by atoms with Crippen molar-refractivity contribution >= 4 is 34.5 Å². The number of esters is 1. The van der Waals surface area contributed by atoms with E-state index in [-0.39, 0.29) is 10.7 Å². The number of carbonyl (C=O) groups is 2. The maximum Gasteiger partial charge on any atom is 0.326 e. The second-order valence-electron chi connectivity index (χ2n) is 2.51. The molecule has 0 radical (unpaired) electrons. The number of hydrogen-bond donors (Lipinski definition) is 1. The molecule has 1 heterocycles. The molecule has 0 saturated carbocycles. The van der Waals surface area contributed by atoms with E-state index >= 15 is 0 Å². The van der Waals surface area contributed by atoms with Crippen molar-refractivity contribution in [1.29, 1.82) is 0 Å². The van der Waals surface area contributed by atoms with Crippen LogP contribution < -0.4 is 0 Å². The molecular weight excluding hydrogens is 277 g/mol. The highest BCUT2D eigenvalue weighted by molar-refractivity contribution is 14.1. The third-order valence-corrected chi connectivity index (χ3v) is 2.80. The van der Waals surface area contributed by atoms with Gasteiger partial charge in [0.2, 0.25) is 4.23 Å². The van der Waals surface area contributed by atoms with E-state index in [4.69, 9.17) is 9.84 Å². The second-order valence-corrected chi connectivity index (χ2v) is 3.57. The fraction of sp³-hybridized carbons (Fsp3) is 0.667. The molecule has 2 unspecified atom stereocenters. The summed E-state index contributed by atoms with van der Waals surface area (Å²) in [5, 5.41) is 8.46. The second kappa shape index (κ2) is 3.56. The molecule has 0 spiro atoms. The quantitative estimate of drug-likeness (QED) is 0.336. The fourth-order valence-electron chi connectivity index (χ4n) is 0.958. The van der Waals surface area contributed by atoms with Gasteiger partial charge in [-0.15, -0.1) is 0 Å². The van der Waals surface area contributed by atoms with Gasteiger partial charge in [-0.3, -0.25) is 9.59 Å². The van der Waals surface area contributed by atoms with Crippen LogP contribution in [0.3, 0.4) is 0 Å². The number of carbonyl (C=O) groups excluding carboxylic acids is 1. The number of hydrogen-bond acceptors (Lipinski definition) is 4. The molecule has 1 fully saturated rings. The molecule has 1 rings (SSSR count). The zero-order valence-electron chi connectivity index (χ0n) is 6.36. The first-order valence-electron chi connectivity index (χ1n) is 3.30. The summed E-state index contributed by atoms with van der Waals surface area (Å²) in [5.41, 5.74) is 0. The van der Waals surface area contributed by atoms with Crippen LogP contribution in [0.25, 0.3) is 0 Å². The number of halogens is 1. The van der Waals surface area contributed by atoms with E-state index in [0.717, 1.165) is 0 Å². The highest BCUT2D eigenvalue weighted by Crippen LogP contribution is 2.22. The van der Waals surface area contributed by atoms with Gasteiger partial charge in [0.15, 0.2) is 0 Å². The Balaban J connectivity index is 2.63. The lowest BCUT2D eigenvalue weighted by molar-refractivity contribution is -0.144. The van der Waals surface area contributed by atoms with Crippen LogP contribution in [0, 0.1) is 0 Å². The van der Waals surface area contributed by atoms with Gasteiger partial charge in [-0.1, -0.05) is 0 Å². The van der Waals surface area contributed by atoms with Gasteiger partial charge < -0.3 is 9.84 Å². The Bertz CT molecular complexity index is 220. The number of nitrogens with zero attached hydrogens (tertiary/aromatic N) is 1. The molecule has 1 saturated heterocycles. The summed E-state index contributed by atoms with van der Waals surface area (Å²) in [4.78, 5) is 22.9. The number of alkyl halides is 1. The highest BCUT2D eigenvalue weighted by Gasteiger charge is 2.39. The average molecular weight is 285 g/mol. The molecule has 12 heavy (non-hydrogen) atoms. The first kappa shape index (κ1) is 9.72. The van der Waals surface area contributed by atoms with Crippen LogP contribution in [0.1, 0.15) is 6.42 Å². The first-order chi connectivity index (χ1) is 5.52. The molecule has 5 nitrogen and oxygen atoms in total. The topological polar surface area (TPSA) is 66.8 Å². The molecular formula is C6H8INO4. The first-order valence-corrected chi connectivity index (χ1v) is 4.55. The van der Waals surface area contributed by atoms with E-state index in [9.17, 15) is 9.59 Å². The van der Waals surface area contributed by atoms with Crippen LogP contribution in [-0.4, -0.2) is 39.3 Å². The Labute approximate surface area is 82.8 Å². The average Bonchev–Trinajstić information content (AvgIpc) is 2.16. The number of carboxylic acid groups (broad SMARTS) is 1. The zero-order chi connectivity index (χ0) is 9.30. The maximum absolute atomic E-state index is 11.0. The minimum Gasteiger partial charge on any atom is -0.481 e. The third-order valence-electron chi connectivity index (χ3n) is 1.67. The van der Waals surface area contributed by atoms with Crippen LogP contribution >= 0.6 is 22.6 Å². The van der Waals surface area contributed by atoms with Gasteiger partial charge in [0.25, 0.3) is 0 Å². The van der Waals surface area contributed by atoms with Crippen LogP contribution in [0.15, 0.2) is 0 Å². The van der Waals surface area contributed by atoms with Crippen LogP contribution in [0.4, 0.5) is 0 Å². The van der Waals surface area contributed by atoms with Crippen molar-refractivity contribution in [2.45, 2.75) is 16.7 Å². The Morgan fingerprint density at radius 2 is 2.42 bits per heavy atom. The van der Waals surface area contributed by atoms with Crippen molar-refractivity contribution in [2.75, 3.05) is 7.05 Å². The summed E-state index contributed by atoms with van der Waals surface area (Å²) in [5.74, 6) is -1.45. The molecule has 0 aromatic rings. The predicted molar refractivity (Wildman–Crippen MR) is 47.7 cm³/mol. The molecule has 0 aliphatic carbocycles. The van der Waals surface area contributed by atoms with Gasteiger partial charge in [0.05, 0.1) is 6.42 Å². The Morgan fingerprint density at radius 3 is 2.75 bits per heavy atom. The molecule has 1 aliphatic rings. The van der Waals surface area contributed by atoms with E-state index < -0.39 is 18.0 Å². The minimum atomic E-state index is -0.991. The van der Waals surface area contributed by atoms with E-state index in [0.29, 0.717) is 0 Å². The van der Waals surface area contributed by atoms with Gasteiger partial charge >= 0.3 is 11.9 Å². The van der Waals surface area contributed by atoms with Gasteiger partial charge in [-0.25, -0.2) is 4.90 Å².